The molecule has 0 aliphatic heterocycles. The molecule has 9 heteroatoms. The molecule has 4 rings (SSSR count). The molecule has 2 N–H and O–H groups in total. The maximum atomic E-state index is 13.4. The average Bonchev–Trinajstić information content (AvgIpc) is 3.16. The van der Waals surface area contributed by atoms with E-state index in [1.807, 2.05) is 18.2 Å². The van der Waals surface area contributed by atoms with Crippen molar-refractivity contribution in [2.45, 2.75) is 30.2 Å². The summed E-state index contributed by atoms with van der Waals surface area (Å²) in [5.74, 6) is 0.818. The summed E-state index contributed by atoms with van der Waals surface area (Å²) in [7, 11) is 4.64. The van der Waals surface area contributed by atoms with Gasteiger partial charge in [0.25, 0.3) is 5.91 Å². The SMILES string of the molecule is COc1cc2c(c(OC)c1OC)-c1ccc(NC(=O)c3ccc(CI)cc3)c(=O)cc1[C@@H](NC(C)=O)CC2. The zero-order chi connectivity index (χ0) is 27.4. The smallest absolute Gasteiger partial charge is 0.255 e. The summed E-state index contributed by atoms with van der Waals surface area (Å²) in [6.07, 6.45) is 1.15. The summed E-state index contributed by atoms with van der Waals surface area (Å²) < 4.78 is 17.8. The maximum Gasteiger partial charge on any atom is 0.255 e. The summed E-state index contributed by atoms with van der Waals surface area (Å²) >= 11 is 2.26. The topological polar surface area (TPSA) is 103 Å². The van der Waals surface area contributed by atoms with Gasteiger partial charge in [-0.15, -0.1) is 0 Å². The molecule has 198 valence electrons. The quantitative estimate of drug-likeness (QED) is 0.281. The van der Waals surface area contributed by atoms with Crippen molar-refractivity contribution in [2.75, 3.05) is 26.6 Å². The lowest BCUT2D eigenvalue weighted by Crippen LogP contribution is -2.26. The molecule has 0 radical (unpaired) electrons. The number of ether oxygens (including phenoxy) is 3. The first-order chi connectivity index (χ1) is 18.3. The van der Waals surface area contributed by atoms with Gasteiger partial charge in [-0.05, 0) is 65.4 Å². The highest BCUT2D eigenvalue weighted by molar-refractivity contribution is 14.1. The molecule has 1 atom stereocenters. The molecule has 38 heavy (non-hydrogen) atoms. The van der Waals surface area contributed by atoms with Gasteiger partial charge in [0.05, 0.1) is 33.1 Å². The van der Waals surface area contributed by atoms with Crippen LogP contribution >= 0.6 is 22.6 Å². The van der Waals surface area contributed by atoms with Crippen LogP contribution in [-0.2, 0) is 15.6 Å². The van der Waals surface area contributed by atoms with Gasteiger partial charge in [-0.25, -0.2) is 0 Å². The van der Waals surface area contributed by atoms with Gasteiger partial charge in [0.15, 0.2) is 11.5 Å². The van der Waals surface area contributed by atoms with Crippen LogP contribution in [0.2, 0.25) is 0 Å². The molecule has 0 bridgehead atoms. The summed E-state index contributed by atoms with van der Waals surface area (Å²) in [4.78, 5) is 38.4. The Morgan fingerprint density at radius 3 is 2.29 bits per heavy atom. The lowest BCUT2D eigenvalue weighted by molar-refractivity contribution is -0.119. The Kier molecular flexibility index (Phi) is 8.55. The van der Waals surface area contributed by atoms with Gasteiger partial charge in [-0.1, -0.05) is 40.8 Å². The Morgan fingerprint density at radius 2 is 1.68 bits per heavy atom. The normalized spacial score (nSPS) is 13.9. The van der Waals surface area contributed by atoms with Crippen LogP contribution < -0.4 is 30.3 Å². The molecule has 3 aromatic carbocycles. The van der Waals surface area contributed by atoms with Crippen LogP contribution in [0.1, 0.15) is 46.4 Å². The number of halogens is 1. The minimum Gasteiger partial charge on any atom is -0.493 e. The van der Waals surface area contributed by atoms with Crippen molar-refractivity contribution in [3.8, 4) is 28.4 Å². The lowest BCUT2D eigenvalue weighted by atomic mass is 9.95. The Bertz CT molecular complexity index is 1440. The number of benzene rings is 2. The fourth-order valence-corrected chi connectivity index (χ4v) is 5.26. The molecule has 0 spiro atoms. The third-order valence-corrected chi connectivity index (χ3v) is 7.42. The van der Waals surface area contributed by atoms with Gasteiger partial charge in [-0.3, -0.25) is 14.4 Å². The fraction of sp³-hybridized carbons (Fsp3) is 0.276. The van der Waals surface area contributed by atoms with E-state index in [1.54, 1.807) is 38.5 Å². The number of amides is 2. The molecule has 0 fully saturated rings. The van der Waals surface area contributed by atoms with E-state index in [-0.39, 0.29) is 22.9 Å². The predicted octanol–water partition coefficient (Wildman–Crippen LogP) is 5.05. The Morgan fingerprint density at radius 1 is 0.974 bits per heavy atom. The second-order valence-electron chi connectivity index (χ2n) is 8.88. The zero-order valence-corrected chi connectivity index (χ0v) is 23.8. The van der Waals surface area contributed by atoms with E-state index in [1.165, 1.54) is 20.1 Å². The highest BCUT2D eigenvalue weighted by Crippen LogP contribution is 2.50. The van der Waals surface area contributed by atoms with Crippen LogP contribution in [0.3, 0.4) is 0 Å². The number of hydrogen-bond acceptors (Lipinski definition) is 6. The molecule has 0 heterocycles. The highest BCUT2D eigenvalue weighted by Gasteiger charge is 2.29. The number of anilines is 1. The van der Waals surface area contributed by atoms with Crippen LogP contribution in [0.5, 0.6) is 17.2 Å². The number of carbonyl (C=O) groups excluding carboxylic acids is 2. The molecule has 0 saturated heterocycles. The second kappa shape index (κ2) is 11.8. The monoisotopic (exact) mass is 628 g/mol. The van der Waals surface area contributed by atoms with Gasteiger partial charge in [0.1, 0.15) is 0 Å². The van der Waals surface area contributed by atoms with Crippen LogP contribution in [0.4, 0.5) is 5.69 Å². The van der Waals surface area contributed by atoms with Crippen molar-refractivity contribution in [1.82, 2.24) is 5.32 Å². The van der Waals surface area contributed by atoms with Crippen molar-refractivity contribution in [1.29, 1.82) is 0 Å². The standard InChI is InChI=1S/C29H29IN2O6/c1-16(33)31-22-11-9-19-13-25(36-2)27(37-3)28(38-4)26(19)20-10-12-23(24(34)14-21(20)22)32-29(35)18-7-5-17(15-30)6-8-18/h5-8,10,12-14,22H,9,11,15H2,1-4H3,(H,31,33)(H,32,34,35)/t22-/m0/s1. The third-order valence-electron chi connectivity index (χ3n) is 6.53. The molecular formula is C29H29IN2O6. The zero-order valence-electron chi connectivity index (χ0n) is 21.6. The molecule has 0 aromatic heterocycles. The van der Waals surface area contributed by atoms with E-state index < -0.39 is 6.04 Å². The number of aryl methyl sites for hydroxylation is 1. The van der Waals surface area contributed by atoms with Gasteiger partial charge >= 0.3 is 0 Å². The summed E-state index contributed by atoms with van der Waals surface area (Å²) in [6.45, 7) is 1.44. The summed E-state index contributed by atoms with van der Waals surface area (Å²) in [6, 6.07) is 13.6. The van der Waals surface area contributed by atoms with Crippen molar-refractivity contribution in [3.05, 3.63) is 81.0 Å². The van der Waals surface area contributed by atoms with Crippen molar-refractivity contribution in [2.24, 2.45) is 0 Å². The van der Waals surface area contributed by atoms with Crippen LogP contribution in [0.15, 0.2) is 53.3 Å². The Hall–Kier alpha value is -3.60. The number of nitrogens with one attached hydrogen (secondary N) is 2. The summed E-state index contributed by atoms with van der Waals surface area (Å²) in [5.41, 5.74) is 4.30. The molecule has 1 aliphatic rings. The number of rotatable bonds is 7. The molecule has 2 amide bonds. The van der Waals surface area contributed by atoms with Crippen LogP contribution in [-0.4, -0.2) is 33.1 Å². The van der Waals surface area contributed by atoms with Crippen molar-refractivity contribution >= 4 is 40.1 Å². The molecule has 3 aromatic rings. The number of hydrogen-bond donors (Lipinski definition) is 2. The van der Waals surface area contributed by atoms with E-state index in [2.05, 4.69) is 33.2 Å². The molecule has 8 nitrogen and oxygen atoms in total. The lowest BCUT2D eigenvalue weighted by Gasteiger charge is -2.19. The number of methoxy groups -OCH3 is 3. The minimum atomic E-state index is -0.430. The van der Waals surface area contributed by atoms with E-state index >= 15 is 0 Å². The third kappa shape index (κ3) is 5.47. The predicted molar refractivity (Wildman–Crippen MR) is 155 cm³/mol. The molecule has 1 aliphatic carbocycles. The first kappa shape index (κ1) is 27.4. The van der Waals surface area contributed by atoms with E-state index in [4.69, 9.17) is 14.2 Å². The molecule has 0 saturated carbocycles. The van der Waals surface area contributed by atoms with Crippen molar-refractivity contribution in [3.63, 3.8) is 0 Å². The number of fused-ring (bicyclic) bond motifs is 3. The average molecular weight is 628 g/mol. The van der Waals surface area contributed by atoms with Crippen LogP contribution in [0, 0.1) is 0 Å². The van der Waals surface area contributed by atoms with Gasteiger partial charge in [0, 0.05) is 22.5 Å². The summed E-state index contributed by atoms with van der Waals surface area (Å²) in [5, 5.41) is 5.73. The Labute approximate surface area is 234 Å². The van der Waals surface area contributed by atoms with Gasteiger partial charge < -0.3 is 24.8 Å². The first-order valence-corrected chi connectivity index (χ1v) is 13.6. The van der Waals surface area contributed by atoms with E-state index in [0.717, 1.165) is 21.1 Å². The maximum absolute atomic E-state index is 13.4. The number of alkyl halides is 1. The minimum absolute atomic E-state index is 0.128. The van der Waals surface area contributed by atoms with Gasteiger partial charge in [0.2, 0.25) is 17.1 Å². The highest BCUT2D eigenvalue weighted by atomic mass is 127. The molecule has 0 unspecified atom stereocenters. The van der Waals surface area contributed by atoms with Gasteiger partial charge in [-0.2, -0.15) is 0 Å². The fourth-order valence-electron chi connectivity index (χ4n) is 4.75. The Balaban J connectivity index is 1.89. The van der Waals surface area contributed by atoms with Crippen LogP contribution in [0.25, 0.3) is 11.1 Å². The van der Waals surface area contributed by atoms with Crippen molar-refractivity contribution < 1.29 is 23.8 Å². The van der Waals surface area contributed by atoms with E-state index in [0.29, 0.717) is 46.8 Å². The first-order valence-electron chi connectivity index (χ1n) is 12.0. The largest absolute Gasteiger partial charge is 0.493 e. The van der Waals surface area contributed by atoms with E-state index in [9.17, 15) is 14.4 Å². The molecular weight excluding hydrogens is 599 g/mol. The second-order valence-corrected chi connectivity index (χ2v) is 9.64. The number of carbonyl (C=O) groups is 2.